The minimum Gasteiger partial charge on any atom is -0.477 e. The normalized spacial score (nSPS) is 15.0. The van der Waals surface area contributed by atoms with Crippen molar-refractivity contribution in [1.82, 2.24) is 5.32 Å². The van der Waals surface area contributed by atoms with Crippen LogP contribution in [-0.2, 0) is 14.4 Å². The Labute approximate surface area is 229 Å². The zero-order valence-electron chi connectivity index (χ0n) is 23.8. The Morgan fingerprint density at radius 1 is 0.895 bits per heavy atom. The van der Waals surface area contributed by atoms with Gasteiger partial charge in [0.15, 0.2) is 17.1 Å². The molecule has 1 heterocycles. The van der Waals surface area contributed by atoms with Crippen LogP contribution in [0.2, 0.25) is 0 Å². The van der Waals surface area contributed by atoms with E-state index in [0.717, 1.165) is 12.8 Å². The number of nitrogens with one attached hydrogen (secondary N) is 1. The number of ether oxygens (including phenoxy) is 1. The quantitative estimate of drug-likeness (QED) is 0.0648. The molecule has 0 spiro atoms. The molecule has 0 aliphatic carbocycles. The van der Waals surface area contributed by atoms with E-state index in [1.165, 1.54) is 83.1 Å². The van der Waals surface area contributed by atoms with Gasteiger partial charge in [-0.05, 0) is 46.0 Å². The van der Waals surface area contributed by atoms with Crippen molar-refractivity contribution in [3.05, 3.63) is 59.9 Å². The summed E-state index contributed by atoms with van der Waals surface area (Å²) in [5, 5.41) is 6.77. The Morgan fingerprint density at radius 3 is 2.05 bits per heavy atom. The van der Waals surface area contributed by atoms with Gasteiger partial charge in [-0.15, -0.1) is 0 Å². The average molecular weight is 525 g/mol. The van der Waals surface area contributed by atoms with Gasteiger partial charge in [-0.3, -0.25) is 9.63 Å². The highest BCUT2D eigenvalue weighted by molar-refractivity contribution is 6.16. The van der Waals surface area contributed by atoms with Gasteiger partial charge in [0.2, 0.25) is 5.78 Å². The summed E-state index contributed by atoms with van der Waals surface area (Å²) in [6.07, 6.45) is 22.9. The molecule has 0 unspecified atom stereocenters. The Balaban J connectivity index is 1.55. The van der Waals surface area contributed by atoms with Crippen molar-refractivity contribution >= 4 is 17.6 Å². The minimum atomic E-state index is -0.961. The molecule has 0 saturated carbocycles. The standard InChI is InChI=1S/C32H48N2O4/c1-4-5-6-7-8-9-10-11-12-13-14-15-16-17-18-22-25-33-31(36)38-34-30(27-23-20-19-21-24-27)28-26-29(35)32(2,3)37-28/h11-12,19-21,23-24,26H,4-10,13-18,22,25H2,1-3H3,(H,33,36). The topological polar surface area (TPSA) is 77.0 Å². The molecule has 1 amide bonds. The van der Waals surface area contributed by atoms with E-state index >= 15 is 0 Å². The van der Waals surface area contributed by atoms with E-state index in [9.17, 15) is 9.59 Å². The Kier molecular flexibility index (Phi) is 15.1. The van der Waals surface area contributed by atoms with Crippen LogP contribution in [0.5, 0.6) is 0 Å². The van der Waals surface area contributed by atoms with E-state index in [1.807, 2.05) is 30.3 Å². The fourth-order valence-corrected chi connectivity index (χ4v) is 4.28. The van der Waals surface area contributed by atoms with Gasteiger partial charge in [0.05, 0.1) is 0 Å². The van der Waals surface area contributed by atoms with Crippen LogP contribution < -0.4 is 5.32 Å². The molecular weight excluding hydrogens is 476 g/mol. The largest absolute Gasteiger partial charge is 0.477 e. The van der Waals surface area contributed by atoms with E-state index in [1.54, 1.807) is 13.8 Å². The van der Waals surface area contributed by atoms with Gasteiger partial charge in [-0.1, -0.05) is 112 Å². The Morgan fingerprint density at radius 2 is 1.47 bits per heavy atom. The molecule has 0 bridgehead atoms. The molecule has 0 fully saturated rings. The third-order valence-corrected chi connectivity index (χ3v) is 6.68. The van der Waals surface area contributed by atoms with Crippen LogP contribution in [0, 0.1) is 0 Å². The summed E-state index contributed by atoms with van der Waals surface area (Å²) in [7, 11) is 0. The number of ketones is 1. The summed E-state index contributed by atoms with van der Waals surface area (Å²) in [6, 6.07) is 9.23. The van der Waals surface area contributed by atoms with Gasteiger partial charge in [-0.25, -0.2) is 4.79 Å². The smallest absolute Gasteiger partial charge is 0.433 e. The van der Waals surface area contributed by atoms with Crippen LogP contribution in [0.1, 0.15) is 116 Å². The van der Waals surface area contributed by atoms with Gasteiger partial charge in [0, 0.05) is 18.2 Å². The fourth-order valence-electron chi connectivity index (χ4n) is 4.28. The highest BCUT2D eigenvalue weighted by Crippen LogP contribution is 2.27. The molecule has 0 radical (unpaired) electrons. The molecule has 6 heteroatoms. The van der Waals surface area contributed by atoms with E-state index in [-0.39, 0.29) is 5.78 Å². The number of benzene rings is 1. The zero-order valence-corrected chi connectivity index (χ0v) is 23.8. The van der Waals surface area contributed by atoms with Crippen molar-refractivity contribution in [2.45, 2.75) is 116 Å². The lowest BCUT2D eigenvalue weighted by Gasteiger charge is -2.18. The molecule has 1 aliphatic rings. The maximum atomic E-state index is 12.2. The number of rotatable bonds is 19. The number of oxime groups is 1. The summed E-state index contributed by atoms with van der Waals surface area (Å²) >= 11 is 0. The predicted molar refractivity (Wildman–Crippen MR) is 155 cm³/mol. The summed E-state index contributed by atoms with van der Waals surface area (Å²) in [6.45, 7) is 6.20. The first-order chi connectivity index (χ1) is 18.4. The van der Waals surface area contributed by atoms with E-state index in [2.05, 4.69) is 29.5 Å². The van der Waals surface area contributed by atoms with Crippen LogP contribution in [0.15, 0.2) is 59.5 Å². The molecule has 38 heavy (non-hydrogen) atoms. The van der Waals surface area contributed by atoms with Crippen molar-refractivity contribution in [3.63, 3.8) is 0 Å². The van der Waals surface area contributed by atoms with E-state index < -0.39 is 11.7 Å². The molecular formula is C32H48N2O4. The second kappa shape index (κ2) is 18.4. The third-order valence-electron chi connectivity index (χ3n) is 6.68. The zero-order chi connectivity index (χ0) is 27.5. The fraction of sp³-hybridized carbons (Fsp3) is 0.594. The summed E-state index contributed by atoms with van der Waals surface area (Å²) in [4.78, 5) is 29.5. The van der Waals surface area contributed by atoms with Crippen LogP contribution in [0.4, 0.5) is 4.79 Å². The predicted octanol–water partition coefficient (Wildman–Crippen LogP) is 8.42. The molecule has 1 aliphatic heterocycles. The third kappa shape index (κ3) is 12.6. The number of amides is 1. The number of unbranched alkanes of at least 4 members (excludes halogenated alkanes) is 12. The van der Waals surface area contributed by atoms with Gasteiger partial charge in [-0.2, -0.15) is 0 Å². The van der Waals surface area contributed by atoms with E-state index in [0.29, 0.717) is 23.6 Å². The molecule has 210 valence electrons. The van der Waals surface area contributed by atoms with Crippen molar-refractivity contribution in [1.29, 1.82) is 0 Å². The maximum Gasteiger partial charge on any atom is 0.433 e. The first kappa shape index (κ1) is 31.3. The number of hydrogen-bond donors (Lipinski definition) is 1. The molecule has 2 rings (SSSR count). The molecule has 6 nitrogen and oxygen atoms in total. The maximum absolute atomic E-state index is 12.2. The Bertz CT molecular complexity index is 919. The first-order valence-electron chi connectivity index (χ1n) is 14.6. The SMILES string of the molecule is CCCCCCCCC=CCCCCCCCCNC(=O)ON=C(C1=CC(=O)C(C)(C)O1)c1ccccc1. The average Bonchev–Trinajstić information content (AvgIpc) is 3.18. The van der Waals surface area contributed by atoms with Crippen LogP contribution in [-0.4, -0.2) is 29.7 Å². The number of allylic oxidation sites excluding steroid dienone is 3. The first-order valence-corrected chi connectivity index (χ1v) is 14.6. The highest BCUT2D eigenvalue weighted by Gasteiger charge is 2.37. The molecule has 1 aromatic rings. The highest BCUT2D eigenvalue weighted by atomic mass is 16.7. The lowest BCUT2D eigenvalue weighted by Crippen LogP contribution is -2.28. The second-order valence-corrected chi connectivity index (χ2v) is 10.5. The molecule has 0 saturated heterocycles. The summed E-state index contributed by atoms with van der Waals surface area (Å²) in [5.41, 5.74) is 0.0548. The monoisotopic (exact) mass is 524 g/mol. The van der Waals surface area contributed by atoms with Crippen LogP contribution >= 0.6 is 0 Å². The van der Waals surface area contributed by atoms with Crippen molar-refractivity contribution in [2.75, 3.05) is 6.54 Å². The number of carbonyl (C=O) groups is 2. The molecule has 1 aromatic carbocycles. The van der Waals surface area contributed by atoms with Gasteiger partial charge < -0.3 is 10.1 Å². The van der Waals surface area contributed by atoms with Crippen molar-refractivity contribution in [2.24, 2.45) is 5.16 Å². The van der Waals surface area contributed by atoms with E-state index in [4.69, 9.17) is 9.57 Å². The van der Waals surface area contributed by atoms with Crippen LogP contribution in [0.25, 0.3) is 0 Å². The van der Waals surface area contributed by atoms with Crippen molar-refractivity contribution in [3.8, 4) is 0 Å². The minimum absolute atomic E-state index is 0.152. The summed E-state index contributed by atoms with van der Waals surface area (Å²) in [5.74, 6) is 0.146. The van der Waals surface area contributed by atoms with Crippen molar-refractivity contribution < 1.29 is 19.2 Å². The lowest BCUT2D eigenvalue weighted by molar-refractivity contribution is -0.126. The van der Waals surface area contributed by atoms with Gasteiger partial charge in [0.25, 0.3) is 0 Å². The van der Waals surface area contributed by atoms with Gasteiger partial charge in [0.1, 0.15) is 0 Å². The Hall–Kier alpha value is -2.89. The lowest BCUT2D eigenvalue weighted by atomic mass is 10.1. The number of nitrogens with zero attached hydrogens (tertiary/aromatic N) is 1. The summed E-state index contributed by atoms with van der Waals surface area (Å²) < 4.78 is 5.77. The number of carbonyl (C=O) groups excluding carboxylic acids is 2. The molecule has 0 atom stereocenters. The molecule has 1 N–H and O–H groups in total. The number of hydrogen-bond acceptors (Lipinski definition) is 5. The molecule has 0 aromatic heterocycles. The van der Waals surface area contributed by atoms with Gasteiger partial charge >= 0.3 is 6.09 Å². The second-order valence-electron chi connectivity index (χ2n) is 10.5. The van der Waals surface area contributed by atoms with Crippen LogP contribution in [0.3, 0.4) is 0 Å².